The summed E-state index contributed by atoms with van der Waals surface area (Å²) >= 11 is 0. The second-order valence-corrected chi connectivity index (χ2v) is 2.58. The van der Waals surface area contributed by atoms with Crippen LogP contribution < -0.4 is 5.32 Å². The third-order valence-corrected chi connectivity index (χ3v) is 1.47. The van der Waals surface area contributed by atoms with Crippen molar-refractivity contribution in [3.63, 3.8) is 0 Å². The van der Waals surface area contributed by atoms with E-state index in [2.05, 4.69) is 10.1 Å². The average Bonchev–Trinajstić information content (AvgIpc) is 2.25. The minimum atomic E-state index is -0.571. The van der Waals surface area contributed by atoms with Crippen LogP contribution in [0.25, 0.3) is 0 Å². The number of carbonyl (C=O) groups is 2. The van der Waals surface area contributed by atoms with Crippen LogP contribution in [0.3, 0.4) is 0 Å². The largest absolute Gasteiger partial charge is 0.467 e. The normalized spacial score (nSPS) is 11.3. The van der Waals surface area contributed by atoms with Crippen molar-refractivity contribution in [3.8, 4) is 0 Å². The lowest BCUT2D eigenvalue weighted by molar-refractivity contribution is -0.144. The van der Waals surface area contributed by atoms with Crippen LogP contribution in [0.5, 0.6) is 0 Å². The van der Waals surface area contributed by atoms with E-state index in [1.165, 1.54) is 14.0 Å². The number of allylic oxidation sites excluding steroid dienone is 1. The summed E-state index contributed by atoms with van der Waals surface area (Å²) in [6, 6.07) is -0.571. The fourth-order valence-electron chi connectivity index (χ4n) is 0.874. The van der Waals surface area contributed by atoms with E-state index in [0.29, 0.717) is 6.42 Å². The molecule has 0 saturated heterocycles. The van der Waals surface area contributed by atoms with Crippen molar-refractivity contribution in [1.29, 1.82) is 0 Å². The predicted molar refractivity (Wildman–Crippen MR) is 60.4 cm³/mol. The van der Waals surface area contributed by atoms with Gasteiger partial charge >= 0.3 is 5.97 Å². The minimum Gasteiger partial charge on any atom is -0.467 e. The Bertz CT molecular complexity index is 212. The zero-order chi connectivity index (χ0) is 12.3. The van der Waals surface area contributed by atoms with Gasteiger partial charge in [-0.3, -0.25) is 4.79 Å². The second kappa shape index (κ2) is 10.8. The number of esters is 1. The third-order valence-electron chi connectivity index (χ3n) is 1.47. The highest BCUT2D eigenvalue weighted by atomic mass is 16.5. The molecule has 0 aliphatic heterocycles. The zero-order valence-electron chi connectivity index (χ0n) is 10.2. The van der Waals surface area contributed by atoms with Gasteiger partial charge in [0.2, 0.25) is 5.91 Å². The molecule has 1 amide bonds. The number of ether oxygens (including phenoxy) is 1. The smallest absolute Gasteiger partial charge is 0.328 e. The van der Waals surface area contributed by atoms with E-state index >= 15 is 0 Å². The molecule has 1 N–H and O–H groups in total. The van der Waals surface area contributed by atoms with Crippen molar-refractivity contribution >= 4 is 11.9 Å². The second-order valence-electron chi connectivity index (χ2n) is 2.58. The van der Waals surface area contributed by atoms with Gasteiger partial charge in [-0.05, 0) is 13.3 Å². The molecule has 0 heterocycles. The summed E-state index contributed by atoms with van der Waals surface area (Å²) in [6.45, 7) is 7.22. The number of hydrogen-bond acceptors (Lipinski definition) is 3. The molecule has 0 aromatic carbocycles. The predicted octanol–water partition coefficient (Wildman–Crippen LogP) is 1.66. The van der Waals surface area contributed by atoms with E-state index < -0.39 is 12.0 Å². The Labute approximate surface area is 91.7 Å². The topological polar surface area (TPSA) is 55.4 Å². The molecule has 0 saturated carbocycles. The van der Waals surface area contributed by atoms with Crippen LogP contribution >= 0.6 is 0 Å². The molecule has 88 valence electrons. The van der Waals surface area contributed by atoms with Crippen LogP contribution in [-0.4, -0.2) is 25.0 Å². The zero-order valence-corrected chi connectivity index (χ0v) is 10.2. The van der Waals surface area contributed by atoms with Gasteiger partial charge < -0.3 is 10.1 Å². The van der Waals surface area contributed by atoms with Gasteiger partial charge in [-0.1, -0.05) is 26.0 Å². The van der Waals surface area contributed by atoms with Gasteiger partial charge in [-0.25, -0.2) is 4.79 Å². The van der Waals surface area contributed by atoms with E-state index in [9.17, 15) is 9.59 Å². The van der Waals surface area contributed by atoms with E-state index in [1.54, 1.807) is 6.08 Å². The van der Waals surface area contributed by atoms with Crippen LogP contribution in [0.2, 0.25) is 0 Å². The van der Waals surface area contributed by atoms with Crippen LogP contribution in [-0.2, 0) is 14.3 Å². The van der Waals surface area contributed by atoms with Gasteiger partial charge in [0.05, 0.1) is 7.11 Å². The Hall–Kier alpha value is -1.32. The molecule has 1 atom stereocenters. The molecule has 0 fully saturated rings. The van der Waals surface area contributed by atoms with Gasteiger partial charge in [0.25, 0.3) is 0 Å². The highest BCUT2D eigenvalue weighted by Crippen LogP contribution is 1.96. The molecule has 0 aromatic rings. The first-order valence-electron chi connectivity index (χ1n) is 5.08. The summed E-state index contributed by atoms with van der Waals surface area (Å²) in [7, 11) is 1.30. The molecular formula is C11H21NO3. The quantitative estimate of drug-likeness (QED) is 0.573. The molecule has 4 heteroatoms. The Morgan fingerprint density at radius 3 is 2.27 bits per heavy atom. The Balaban J connectivity index is 0. The molecule has 0 aliphatic carbocycles. The summed E-state index contributed by atoms with van der Waals surface area (Å²) < 4.78 is 4.52. The lowest BCUT2D eigenvalue weighted by Gasteiger charge is -2.12. The number of nitrogens with one attached hydrogen (secondary N) is 1. The number of rotatable bonds is 4. The monoisotopic (exact) mass is 215 g/mol. The first kappa shape index (κ1) is 16.1. The van der Waals surface area contributed by atoms with Crippen molar-refractivity contribution in [2.45, 2.75) is 40.2 Å². The van der Waals surface area contributed by atoms with Crippen LogP contribution in [0.1, 0.15) is 34.1 Å². The highest BCUT2D eigenvalue weighted by Gasteiger charge is 2.17. The first-order valence-corrected chi connectivity index (χ1v) is 5.08. The van der Waals surface area contributed by atoms with Crippen molar-refractivity contribution in [2.75, 3.05) is 7.11 Å². The van der Waals surface area contributed by atoms with Crippen molar-refractivity contribution < 1.29 is 14.3 Å². The molecule has 0 aromatic heterocycles. The lowest BCUT2D eigenvalue weighted by Crippen LogP contribution is -2.39. The van der Waals surface area contributed by atoms with E-state index in [0.717, 1.165) is 0 Å². The number of methoxy groups -OCH3 is 1. The summed E-state index contributed by atoms with van der Waals surface area (Å²) in [4.78, 5) is 21.8. The molecule has 0 rings (SSSR count). The third kappa shape index (κ3) is 9.00. The summed E-state index contributed by atoms with van der Waals surface area (Å²) in [5.41, 5.74) is 0. The molecular weight excluding hydrogens is 194 g/mol. The first-order chi connectivity index (χ1) is 7.11. The van der Waals surface area contributed by atoms with Crippen molar-refractivity contribution in [3.05, 3.63) is 12.2 Å². The Morgan fingerprint density at radius 1 is 1.40 bits per heavy atom. The minimum absolute atomic E-state index is 0.236. The standard InChI is InChI=1S/C9H15NO3.C2H6/c1-4-5-6-8(9(12)13-3)10-7(2)11;1-2/h4-5,8H,6H2,1-3H3,(H,10,11);1-2H3/b5-4+;. The summed E-state index contributed by atoms with van der Waals surface area (Å²) in [6.07, 6.45) is 4.08. The van der Waals surface area contributed by atoms with Gasteiger partial charge in [0.1, 0.15) is 6.04 Å². The molecule has 0 radical (unpaired) electrons. The van der Waals surface area contributed by atoms with Gasteiger partial charge in [-0.2, -0.15) is 0 Å². The fraction of sp³-hybridized carbons (Fsp3) is 0.636. The molecule has 15 heavy (non-hydrogen) atoms. The number of amides is 1. The van der Waals surface area contributed by atoms with E-state index in [1.807, 2.05) is 26.8 Å². The van der Waals surface area contributed by atoms with Gasteiger partial charge in [0, 0.05) is 6.92 Å². The molecule has 0 spiro atoms. The Morgan fingerprint density at radius 2 is 1.93 bits per heavy atom. The van der Waals surface area contributed by atoms with Crippen LogP contribution in [0, 0.1) is 0 Å². The van der Waals surface area contributed by atoms with Crippen molar-refractivity contribution in [2.24, 2.45) is 0 Å². The summed E-state index contributed by atoms with van der Waals surface area (Å²) in [5.74, 6) is -0.659. The fourth-order valence-corrected chi connectivity index (χ4v) is 0.874. The molecule has 0 aliphatic rings. The lowest BCUT2D eigenvalue weighted by atomic mass is 10.2. The maximum Gasteiger partial charge on any atom is 0.328 e. The highest BCUT2D eigenvalue weighted by molar-refractivity contribution is 5.83. The Kier molecular flexibility index (Phi) is 11.6. The van der Waals surface area contributed by atoms with Crippen LogP contribution in [0.4, 0.5) is 0 Å². The van der Waals surface area contributed by atoms with Crippen LogP contribution in [0.15, 0.2) is 12.2 Å². The average molecular weight is 215 g/mol. The number of carbonyl (C=O) groups excluding carboxylic acids is 2. The van der Waals surface area contributed by atoms with Gasteiger partial charge in [-0.15, -0.1) is 0 Å². The number of hydrogen-bond donors (Lipinski definition) is 1. The SMILES string of the molecule is C/C=C/CC(NC(C)=O)C(=O)OC.CC. The van der Waals surface area contributed by atoms with E-state index in [-0.39, 0.29) is 5.91 Å². The molecule has 4 nitrogen and oxygen atoms in total. The summed E-state index contributed by atoms with van der Waals surface area (Å²) in [5, 5.41) is 2.50. The van der Waals surface area contributed by atoms with E-state index in [4.69, 9.17) is 0 Å². The van der Waals surface area contributed by atoms with Crippen molar-refractivity contribution in [1.82, 2.24) is 5.32 Å². The van der Waals surface area contributed by atoms with Gasteiger partial charge in [0.15, 0.2) is 0 Å². The molecule has 1 unspecified atom stereocenters. The maximum atomic E-state index is 11.1. The molecule has 0 bridgehead atoms. The maximum absolute atomic E-state index is 11.1.